The highest BCUT2D eigenvalue weighted by Crippen LogP contribution is 2.38. The molecule has 5 heterocycles. The first-order valence-corrected chi connectivity index (χ1v) is 12.0. The standard InChI is InChI=1S/C26H29N3O6.BrH/c1-2-21-14-23(28-35-21)27-24(30)16-29-11-8-18(9-12-29)22(15-29)34-25(31)26(32,20-10-13-33-17-20)19-6-4-3-5-7-19;/h3-7,10,13-14,17-18,22,32H,2,8-9,11-12,15-16H2,1H3;1H/t18?,22?,26-,29?;/m1./s1. The molecule has 3 aliphatic heterocycles. The van der Waals surface area contributed by atoms with E-state index < -0.39 is 17.7 Å². The summed E-state index contributed by atoms with van der Waals surface area (Å²) in [7, 11) is 0. The average Bonchev–Trinajstić information content (AvgIpc) is 3.57. The van der Waals surface area contributed by atoms with Gasteiger partial charge in [-0.25, -0.2) is 4.79 Å². The number of anilines is 1. The maximum Gasteiger partial charge on any atom is 0.348 e. The van der Waals surface area contributed by atoms with E-state index in [-0.39, 0.29) is 35.4 Å². The number of esters is 1. The molecule has 3 aromatic rings. The van der Waals surface area contributed by atoms with Crippen molar-refractivity contribution in [3.05, 3.63) is 71.9 Å². The first kappa shape index (κ1) is 26.1. The Kier molecular flexibility index (Phi) is 7.67. The van der Waals surface area contributed by atoms with Crippen LogP contribution in [0.3, 0.4) is 0 Å². The quantitative estimate of drug-likeness (QED) is 0.291. The number of carbonyl (C=O) groups is 2. The van der Waals surface area contributed by atoms with Crippen LogP contribution in [0.4, 0.5) is 5.82 Å². The van der Waals surface area contributed by atoms with Crippen molar-refractivity contribution in [2.45, 2.75) is 37.9 Å². The molecule has 1 amide bonds. The van der Waals surface area contributed by atoms with Gasteiger partial charge >= 0.3 is 5.97 Å². The molecule has 2 N–H and O–H groups in total. The molecule has 3 aliphatic rings. The van der Waals surface area contributed by atoms with Crippen molar-refractivity contribution in [2.24, 2.45) is 5.92 Å². The molecule has 0 spiro atoms. The minimum atomic E-state index is -1.98. The van der Waals surface area contributed by atoms with Gasteiger partial charge in [0.2, 0.25) is 5.60 Å². The number of furan rings is 1. The number of nitrogens with zero attached hydrogens (tertiary/aromatic N) is 2. The van der Waals surface area contributed by atoms with E-state index in [2.05, 4.69) is 10.5 Å². The molecule has 6 rings (SSSR count). The largest absolute Gasteiger partial charge is 1.00 e. The minimum Gasteiger partial charge on any atom is -1.00 e. The van der Waals surface area contributed by atoms with E-state index in [0.29, 0.717) is 40.2 Å². The Bertz CT molecular complexity index is 1170. The predicted octanol–water partition coefficient (Wildman–Crippen LogP) is -0.139. The summed E-state index contributed by atoms with van der Waals surface area (Å²) < 4.78 is 16.9. The van der Waals surface area contributed by atoms with E-state index in [4.69, 9.17) is 13.7 Å². The molecule has 3 saturated heterocycles. The number of aromatic nitrogens is 1. The minimum absolute atomic E-state index is 0. The van der Waals surface area contributed by atoms with Crippen LogP contribution in [-0.4, -0.2) is 58.9 Å². The van der Waals surface area contributed by atoms with E-state index in [1.807, 2.05) is 13.0 Å². The van der Waals surface area contributed by atoms with Crippen LogP contribution in [0.2, 0.25) is 0 Å². The van der Waals surface area contributed by atoms with Gasteiger partial charge in [0, 0.05) is 36.8 Å². The first-order chi connectivity index (χ1) is 16.9. The number of aliphatic hydroxyl groups is 1. The van der Waals surface area contributed by atoms with Crippen LogP contribution in [0.15, 0.2) is 63.9 Å². The Hall–Kier alpha value is -2.95. The maximum absolute atomic E-state index is 13.5. The number of benzene rings is 1. The van der Waals surface area contributed by atoms with Gasteiger partial charge in [-0.1, -0.05) is 42.4 Å². The number of hydrogen-bond acceptors (Lipinski definition) is 7. The maximum atomic E-state index is 13.5. The second-order valence-electron chi connectivity index (χ2n) is 9.58. The fraction of sp³-hybridized carbons (Fsp3) is 0.423. The zero-order chi connectivity index (χ0) is 24.5. The lowest BCUT2D eigenvalue weighted by atomic mass is 9.82. The van der Waals surface area contributed by atoms with Crippen LogP contribution in [0.25, 0.3) is 0 Å². The Morgan fingerprint density at radius 1 is 1.19 bits per heavy atom. The van der Waals surface area contributed by atoms with Crippen molar-refractivity contribution in [2.75, 3.05) is 31.5 Å². The van der Waals surface area contributed by atoms with Crippen LogP contribution in [0, 0.1) is 5.92 Å². The van der Waals surface area contributed by atoms with Crippen molar-refractivity contribution in [1.82, 2.24) is 5.16 Å². The van der Waals surface area contributed by atoms with E-state index >= 15 is 0 Å². The molecule has 36 heavy (non-hydrogen) atoms. The summed E-state index contributed by atoms with van der Waals surface area (Å²) in [6.45, 7) is 4.43. The topological polar surface area (TPSA) is 115 Å². The van der Waals surface area contributed by atoms with Gasteiger partial charge in [0.25, 0.3) is 5.91 Å². The smallest absolute Gasteiger partial charge is 0.348 e. The molecule has 2 aromatic heterocycles. The number of nitrogens with one attached hydrogen (secondary N) is 1. The van der Waals surface area contributed by atoms with Gasteiger partial charge in [-0.05, 0) is 11.6 Å². The number of amides is 1. The van der Waals surface area contributed by atoms with Crippen LogP contribution in [0.5, 0.6) is 0 Å². The van der Waals surface area contributed by atoms with Crippen molar-refractivity contribution in [1.29, 1.82) is 0 Å². The molecule has 1 unspecified atom stereocenters. The van der Waals surface area contributed by atoms with Crippen LogP contribution < -0.4 is 22.3 Å². The molecule has 0 saturated carbocycles. The number of carbonyl (C=O) groups excluding carboxylic acids is 2. The van der Waals surface area contributed by atoms with Crippen molar-refractivity contribution < 1.29 is 49.8 Å². The summed E-state index contributed by atoms with van der Waals surface area (Å²) in [6, 6.07) is 12.0. The Labute approximate surface area is 219 Å². The molecule has 2 bridgehead atoms. The van der Waals surface area contributed by atoms with Crippen LogP contribution in [-0.2, 0) is 26.3 Å². The molecule has 9 nitrogen and oxygen atoms in total. The van der Waals surface area contributed by atoms with Crippen molar-refractivity contribution in [3.8, 4) is 0 Å². The van der Waals surface area contributed by atoms with E-state index in [1.54, 1.807) is 36.4 Å². The second kappa shape index (κ2) is 10.6. The number of fused-ring (bicyclic) bond motifs is 3. The predicted molar refractivity (Wildman–Crippen MR) is 125 cm³/mol. The summed E-state index contributed by atoms with van der Waals surface area (Å²) in [6.07, 6.45) is 4.79. The SMILES string of the molecule is CCc1cc(NC(=O)C[N+]23CCC(CC2)C(OC(=O)[C@@](O)(c2ccccc2)c2ccoc2)C3)no1.[Br-]. The third kappa shape index (κ3) is 4.98. The Balaban J connectivity index is 0.00000304. The summed E-state index contributed by atoms with van der Waals surface area (Å²) in [5, 5.41) is 18.3. The monoisotopic (exact) mass is 559 g/mol. The molecule has 192 valence electrons. The van der Waals surface area contributed by atoms with Gasteiger partial charge < -0.3 is 45.6 Å². The number of hydrogen-bond donors (Lipinski definition) is 2. The first-order valence-electron chi connectivity index (χ1n) is 12.0. The number of rotatable bonds is 8. The third-order valence-corrected chi connectivity index (χ3v) is 7.38. The Morgan fingerprint density at radius 2 is 1.94 bits per heavy atom. The van der Waals surface area contributed by atoms with Gasteiger partial charge in [-0.3, -0.25) is 4.79 Å². The van der Waals surface area contributed by atoms with E-state index in [9.17, 15) is 14.7 Å². The van der Waals surface area contributed by atoms with Crippen molar-refractivity contribution in [3.63, 3.8) is 0 Å². The van der Waals surface area contributed by atoms with Gasteiger partial charge in [-0.15, -0.1) is 0 Å². The summed E-state index contributed by atoms with van der Waals surface area (Å²) in [5.74, 6) is 0.440. The molecular formula is C26H30BrN3O6. The van der Waals surface area contributed by atoms with E-state index in [0.717, 1.165) is 25.9 Å². The molecular weight excluding hydrogens is 530 g/mol. The molecule has 1 aromatic carbocycles. The van der Waals surface area contributed by atoms with Crippen LogP contribution >= 0.6 is 0 Å². The highest BCUT2D eigenvalue weighted by molar-refractivity contribution is 5.90. The lowest BCUT2D eigenvalue weighted by molar-refractivity contribution is -0.939. The molecule has 3 fully saturated rings. The fourth-order valence-corrected chi connectivity index (χ4v) is 5.38. The highest BCUT2D eigenvalue weighted by Gasteiger charge is 2.51. The number of halogens is 1. The van der Waals surface area contributed by atoms with Gasteiger partial charge in [-0.2, -0.15) is 0 Å². The summed E-state index contributed by atoms with van der Waals surface area (Å²) in [5.41, 5.74) is -1.25. The third-order valence-electron chi connectivity index (χ3n) is 7.38. The lowest BCUT2D eigenvalue weighted by Crippen LogP contribution is -3.00. The number of aryl methyl sites for hydroxylation is 1. The van der Waals surface area contributed by atoms with Crippen molar-refractivity contribution >= 4 is 17.7 Å². The number of piperidine rings is 3. The van der Waals surface area contributed by atoms with Gasteiger partial charge in [0.1, 0.15) is 12.3 Å². The average molecular weight is 560 g/mol. The van der Waals surface area contributed by atoms with Crippen LogP contribution in [0.1, 0.15) is 36.7 Å². The number of ether oxygens (including phenoxy) is 1. The molecule has 0 aliphatic carbocycles. The fourth-order valence-electron chi connectivity index (χ4n) is 5.38. The molecule has 0 radical (unpaired) electrons. The van der Waals surface area contributed by atoms with Gasteiger partial charge in [0.05, 0.1) is 25.6 Å². The van der Waals surface area contributed by atoms with E-state index in [1.165, 1.54) is 12.5 Å². The molecule has 10 heteroatoms. The second-order valence-corrected chi connectivity index (χ2v) is 9.58. The number of quaternary nitrogens is 1. The normalized spacial score (nSPS) is 24.4. The van der Waals surface area contributed by atoms with Gasteiger partial charge in [0.15, 0.2) is 18.5 Å². The molecule has 2 atom stereocenters. The highest BCUT2D eigenvalue weighted by atomic mass is 79.9. The zero-order valence-corrected chi connectivity index (χ0v) is 21.6. The zero-order valence-electron chi connectivity index (χ0n) is 20.1. The summed E-state index contributed by atoms with van der Waals surface area (Å²) >= 11 is 0. The summed E-state index contributed by atoms with van der Waals surface area (Å²) in [4.78, 5) is 26.3. The lowest BCUT2D eigenvalue weighted by Gasteiger charge is -2.51. The Morgan fingerprint density at radius 3 is 2.58 bits per heavy atom.